The number of rotatable bonds is 4. The van der Waals surface area contributed by atoms with Crippen LogP contribution in [-0.4, -0.2) is 0 Å². The molecule has 0 aromatic heterocycles. The Balaban J connectivity index is 1.90. The van der Waals surface area contributed by atoms with E-state index in [9.17, 15) is 0 Å². The first-order valence-corrected chi connectivity index (χ1v) is 7.10. The Hall–Kier alpha value is -2.27. The highest BCUT2D eigenvalue weighted by molar-refractivity contribution is 5.56. The summed E-state index contributed by atoms with van der Waals surface area (Å²) in [6.07, 6.45) is 2.56. The van der Waals surface area contributed by atoms with Gasteiger partial charge in [0.25, 0.3) is 0 Å². The first kappa shape index (κ1) is 12.7. The molecule has 1 fully saturated rings. The third-order valence-electron chi connectivity index (χ3n) is 3.93. The molecule has 3 rings (SSSR count). The molecule has 0 heterocycles. The van der Waals surface area contributed by atoms with E-state index >= 15 is 0 Å². The number of aryl methyl sites for hydroxylation is 1. The molecule has 1 atom stereocenters. The molecule has 0 aliphatic heterocycles. The van der Waals surface area contributed by atoms with E-state index in [-0.39, 0.29) is 0 Å². The Kier molecular flexibility index (Phi) is 3.43. The maximum Gasteiger partial charge on any atom is 0.0992 e. The van der Waals surface area contributed by atoms with E-state index in [4.69, 9.17) is 5.26 Å². The van der Waals surface area contributed by atoms with Crippen molar-refractivity contribution in [3.05, 3.63) is 65.2 Å². The van der Waals surface area contributed by atoms with Crippen molar-refractivity contribution in [3.63, 3.8) is 0 Å². The van der Waals surface area contributed by atoms with Gasteiger partial charge >= 0.3 is 0 Å². The van der Waals surface area contributed by atoms with Crippen LogP contribution in [0.4, 0.5) is 5.69 Å². The van der Waals surface area contributed by atoms with Crippen LogP contribution in [0.5, 0.6) is 0 Å². The van der Waals surface area contributed by atoms with Crippen LogP contribution in [0.2, 0.25) is 0 Å². The van der Waals surface area contributed by atoms with Crippen molar-refractivity contribution in [2.24, 2.45) is 5.92 Å². The molecule has 100 valence electrons. The van der Waals surface area contributed by atoms with E-state index in [2.05, 4.69) is 48.6 Å². The van der Waals surface area contributed by atoms with Crippen molar-refractivity contribution >= 4 is 5.69 Å². The van der Waals surface area contributed by atoms with Crippen LogP contribution in [0.1, 0.15) is 35.6 Å². The molecule has 0 bridgehead atoms. The molecule has 1 saturated carbocycles. The molecular formula is C18H18N2. The average Bonchev–Trinajstić information content (AvgIpc) is 3.32. The van der Waals surface area contributed by atoms with E-state index in [1.807, 2.05) is 18.2 Å². The van der Waals surface area contributed by atoms with Gasteiger partial charge in [0, 0.05) is 5.69 Å². The smallest absolute Gasteiger partial charge is 0.0992 e. The zero-order valence-corrected chi connectivity index (χ0v) is 11.6. The number of hydrogen-bond donors (Lipinski definition) is 1. The summed E-state index contributed by atoms with van der Waals surface area (Å²) >= 11 is 0. The summed E-state index contributed by atoms with van der Waals surface area (Å²) in [4.78, 5) is 0. The summed E-state index contributed by atoms with van der Waals surface area (Å²) in [5.74, 6) is 0.711. The second kappa shape index (κ2) is 5.38. The van der Waals surface area contributed by atoms with Gasteiger partial charge in [0.05, 0.1) is 17.7 Å². The summed E-state index contributed by atoms with van der Waals surface area (Å²) < 4.78 is 0. The number of nitriles is 1. The highest BCUT2D eigenvalue weighted by atomic mass is 14.9. The van der Waals surface area contributed by atoms with Crippen molar-refractivity contribution in [3.8, 4) is 6.07 Å². The van der Waals surface area contributed by atoms with Crippen LogP contribution < -0.4 is 5.32 Å². The van der Waals surface area contributed by atoms with Crippen LogP contribution in [-0.2, 0) is 0 Å². The van der Waals surface area contributed by atoms with Crippen molar-refractivity contribution in [2.75, 3.05) is 5.32 Å². The van der Waals surface area contributed by atoms with Gasteiger partial charge in [-0.05, 0) is 48.9 Å². The maximum atomic E-state index is 9.05. The molecule has 2 nitrogen and oxygen atoms in total. The minimum Gasteiger partial charge on any atom is -0.378 e. The second-order valence-electron chi connectivity index (χ2n) is 5.51. The zero-order valence-electron chi connectivity index (χ0n) is 11.6. The van der Waals surface area contributed by atoms with Gasteiger partial charge in [0.1, 0.15) is 0 Å². The molecule has 2 heteroatoms. The van der Waals surface area contributed by atoms with Gasteiger partial charge in [-0.25, -0.2) is 0 Å². The number of hydrogen-bond acceptors (Lipinski definition) is 2. The van der Waals surface area contributed by atoms with E-state index < -0.39 is 0 Å². The quantitative estimate of drug-likeness (QED) is 0.884. The number of nitrogens with one attached hydrogen (secondary N) is 1. The SMILES string of the molecule is Cc1ccc(C#N)cc1NC(c1ccccc1)C1CC1. The molecule has 1 aliphatic carbocycles. The van der Waals surface area contributed by atoms with Gasteiger partial charge < -0.3 is 5.32 Å². The Labute approximate surface area is 120 Å². The molecule has 2 aromatic carbocycles. The monoisotopic (exact) mass is 262 g/mol. The lowest BCUT2D eigenvalue weighted by molar-refractivity contribution is 0.678. The molecule has 0 spiro atoms. The van der Waals surface area contributed by atoms with Crippen LogP contribution in [0.25, 0.3) is 0 Å². The Morgan fingerprint density at radius 1 is 1.15 bits per heavy atom. The fourth-order valence-corrected chi connectivity index (χ4v) is 2.58. The van der Waals surface area contributed by atoms with Crippen LogP contribution in [0.3, 0.4) is 0 Å². The van der Waals surface area contributed by atoms with E-state index in [1.54, 1.807) is 0 Å². The van der Waals surface area contributed by atoms with Crippen LogP contribution >= 0.6 is 0 Å². The lowest BCUT2D eigenvalue weighted by Crippen LogP contribution is -2.13. The normalized spacial score (nSPS) is 15.4. The molecular weight excluding hydrogens is 244 g/mol. The lowest BCUT2D eigenvalue weighted by Gasteiger charge is -2.21. The summed E-state index contributed by atoms with van der Waals surface area (Å²) in [6, 6.07) is 19.0. The predicted molar refractivity (Wildman–Crippen MR) is 81.4 cm³/mol. The van der Waals surface area contributed by atoms with Gasteiger partial charge in [0.15, 0.2) is 0 Å². The molecule has 0 radical (unpaired) electrons. The Bertz CT molecular complexity index is 636. The number of nitrogens with zero attached hydrogens (tertiary/aromatic N) is 1. The third kappa shape index (κ3) is 2.67. The van der Waals surface area contributed by atoms with Gasteiger partial charge in [-0.3, -0.25) is 0 Å². The standard InChI is InChI=1S/C18H18N2/c1-13-7-8-14(12-19)11-17(13)20-18(16-9-10-16)15-5-3-2-4-6-15/h2-8,11,16,18,20H,9-10H2,1H3. The highest BCUT2D eigenvalue weighted by Gasteiger charge is 2.32. The van der Waals surface area contributed by atoms with Crippen molar-refractivity contribution < 1.29 is 0 Å². The molecule has 2 aromatic rings. The van der Waals surface area contributed by atoms with Gasteiger partial charge in [0.2, 0.25) is 0 Å². The Morgan fingerprint density at radius 3 is 2.55 bits per heavy atom. The molecule has 0 saturated heterocycles. The van der Waals surface area contributed by atoms with E-state index in [0.29, 0.717) is 17.5 Å². The number of benzene rings is 2. The van der Waals surface area contributed by atoms with Gasteiger partial charge in [-0.15, -0.1) is 0 Å². The maximum absolute atomic E-state index is 9.05. The van der Waals surface area contributed by atoms with Gasteiger partial charge in [-0.1, -0.05) is 36.4 Å². The fraction of sp³-hybridized carbons (Fsp3) is 0.278. The first-order chi connectivity index (χ1) is 9.78. The summed E-state index contributed by atoms with van der Waals surface area (Å²) in [5.41, 5.74) is 4.30. The average molecular weight is 262 g/mol. The molecule has 1 N–H and O–H groups in total. The highest BCUT2D eigenvalue weighted by Crippen LogP contribution is 2.43. The van der Waals surface area contributed by atoms with Crippen molar-refractivity contribution in [2.45, 2.75) is 25.8 Å². The van der Waals surface area contributed by atoms with Crippen molar-refractivity contribution in [1.82, 2.24) is 0 Å². The minimum atomic E-state index is 0.351. The number of anilines is 1. The van der Waals surface area contributed by atoms with Crippen LogP contribution in [0.15, 0.2) is 48.5 Å². The molecule has 0 amide bonds. The molecule has 20 heavy (non-hydrogen) atoms. The fourth-order valence-electron chi connectivity index (χ4n) is 2.58. The molecule has 1 unspecified atom stereocenters. The first-order valence-electron chi connectivity index (χ1n) is 7.10. The lowest BCUT2D eigenvalue weighted by atomic mass is 10.0. The third-order valence-corrected chi connectivity index (χ3v) is 3.93. The van der Waals surface area contributed by atoms with E-state index in [1.165, 1.54) is 24.0 Å². The zero-order chi connectivity index (χ0) is 13.9. The largest absolute Gasteiger partial charge is 0.378 e. The summed E-state index contributed by atoms with van der Waals surface area (Å²) in [6.45, 7) is 2.08. The Morgan fingerprint density at radius 2 is 1.90 bits per heavy atom. The minimum absolute atomic E-state index is 0.351. The van der Waals surface area contributed by atoms with Gasteiger partial charge in [-0.2, -0.15) is 5.26 Å². The van der Waals surface area contributed by atoms with E-state index in [0.717, 1.165) is 5.69 Å². The topological polar surface area (TPSA) is 35.8 Å². The predicted octanol–water partition coefficient (Wildman–Crippen LogP) is 4.43. The van der Waals surface area contributed by atoms with Crippen molar-refractivity contribution in [1.29, 1.82) is 5.26 Å². The summed E-state index contributed by atoms with van der Waals surface area (Å²) in [5, 5.41) is 12.7. The van der Waals surface area contributed by atoms with Crippen LogP contribution in [0, 0.1) is 24.2 Å². The summed E-state index contributed by atoms with van der Waals surface area (Å²) in [7, 11) is 0. The second-order valence-corrected chi connectivity index (χ2v) is 5.51. The molecule has 1 aliphatic rings.